The maximum atomic E-state index is 6.33. The zero-order valence-corrected chi connectivity index (χ0v) is 13.4. The molecular weight excluding hydrogens is 270 g/mol. The summed E-state index contributed by atoms with van der Waals surface area (Å²) in [6.07, 6.45) is 0.848. The standard InChI is InChI=1S/C16H26ClN3/c1-13(2)12-19-8-10-20(11-9-19)16-5-3-4-15(17)14(16)6-7-18/h3-5,13H,6-12,18H2,1-2H3. The lowest BCUT2D eigenvalue weighted by Gasteiger charge is -2.37. The molecule has 1 aliphatic rings. The minimum absolute atomic E-state index is 0.643. The maximum absolute atomic E-state index is 6.33. The van der Waals surface area contributed by atoms with Crippen molar-refractivity contribution in [2.75, 3.05) is 44.2 Å². The Kier molecular flexibility index (Phi) is 5.70. The van der Waals surface area contributed by atoms with E-state index >= 15 is 0 Å². The minimum Gasteiger partial charge on any atom is -0.369 e. The van der Waals surface area contributed by atoms with E-state index < -0.39 is 0 Å². The molecule has 0 bridgehead atoms. The van der Waals surface area contributed by atoms with Crippen LogP contribution in [0.2, 0.25) is 5.02 Å². The first-order valence-electron chi connectivity index (χ1n) is 7.56. The molecule has 0 saturated carbocycles. The van der Waals surface area contributed by atoms with E-state index in [4.69, 9.17) is 17.3 Å². The van der Waals surface area contributed by atoms with Gasteiger partial charge in [-0.05, 0) is 36.6 Å². The van der Waals surface area contributed by atoms with Crippen LogP contribution in [-0.2, 0) is 6.42 Å². The van der Waals surface area contributed by atoms with E-state index in [1.807, 2.05) is 12.1 Å². The van der Waals surface area contributed by atoms with E-state index in [2.05, 4.69) is 29.7 Å². The third-order valence-electron chi connectivity index (χ3n) is 3.82. The van der Waals surface area contributed by atoms with E-state index in [1.54, 1.807) is 0 Å². The summed E-state index contributed by atoms with van der Waals surface area (Å²) in [5.74, 6) is 0.737. The second-order valence-electron chi connectivity index (χ2n) is 5.96. The van der Waals surface area contributed by atoms with Crippen molar-refractivity contribution in [3.8, 4) is 0 Å². The molecule has 1 fully saturated rings. The Bertz CT molecular complexity index is 426. The van der Waals surface area contributed by atoms with Gasteiger partial charge in [-0.15, -0.1) is 0 Å². The highest BCUT2D eigenvalue weighted by Gasteiger charge is 2.20. The molecule has 0 unspecified atom stereocenters. The highest BCUT2D eigenvalue weighted by Crippen LogP contribution is 2.28. The molecule has 2 N–H and O–H groups in total. The van der Waals surface area contributed by atoms with Gasteiger partial charge in [-0.2, -0.15) is 0 Å². The van der Waals surface area contributed by atoms with Crippen LogP contribution in [0, 0.1) is 5.92 Å². The fourth-order valence-corrected chi connectivity index (χ4v) is 3.19. The maximum Gasteiger partial charge on any atom is 0.0459 e. The summed E-state index contributed by atoms with van der Waals surface area (Å²) in [7, 11) is 0. The number of rotatable bonds is 5. The molecule has 1 saturated heterocycles. The van der Waals surface area contributed by atoms with Crippen LogP contribution >= 0.6 is 11.6 Å². The molecule has 1 aromatic carbocycles. The van der Waals surface area contributed by atoms with Gasteiger partial charge in [0.05, 0.1) is 0 Å². The fourth-order valence-electron chi connectivity index (χ4n) is 2.92. The van der Waals surface area contributed by atoms with Gasteiger partial charge in [0.15, 0.2) is 0 Å². The molecule has 0 spiro atoms. The second kappa shape index (κ2) is 7.30. The Balaban J connectivity index is 2.05. The number of hydrogen-bond donors (Lipinski definition) is 1. The Hall–Kier alpha value is -0.770. The minimum atomic E-state index is 0.643. The zero-order chi connectivity index (χ0) is 14.5. The number of nitrogens with two attached hydrogens (primary N) is 1. The number of benzene rings is 1. The quantitative estimate of drug-likeness (QED) is 0.906. The number of hydrogen-bond acceptors (Lipinski definition) is 3. The van der Waals surface area contributed by atoms with Gasteiger partial charge in [-0.3, -0.25) is 4.90 Å². The molecule has 1 aromatic rings. The molecule has 4 heteroatoms. The van der Waals surface area contributed by atoms with Crippen LogP contribution in [0.25, 0.3) is 0 Å². The Morgan fingerprint density at radius 2 is 1.90 bits per heavy atom. The molecule has 3 nitrogen and oxygen atoms in total. The van der Waals surface area contributed by atoms with E-state index in [0.717, 1.165) is 43.5 Å². The number of nitrogens with zero attached hydrogens (tertiary/aromatic N) is 2. The monoisotopic (exact) mass is 295 g/mol. The first kappa shape index (κ1) is 15.6. The van der Waals surface area contributed by atoms with Crippen LogP contribution in [0.4, 0.5) is 5.69 Å². The van der Waals surface area contributed by atoms with Crippen molar-refractivity contribution in [1.29, 1.82) is 0 Å². The predicted octanol–water partition coefficient (Wildman–Crippen LogP) is 2.62. The molecular formula is C16H26ClN3. The molecule has 1 heterocycles. The van der Waals surface area contributed by atoms with Crippen molar-refractivity contribution in [3.05, 3.63) is 28.8 Å². The molecule has 112 valence electrons. The smallest absolute Gasteiger partial charge is 0.0459 e. The highest BCUT2D eigenvalue weighted by atomic mass is 35.5. The lowest BCUT2D eigenvalue weighted by molar-refractivity contribution is 0.231. The van der Waals surface area contributed by atoms with E-state index in [-0.39, 0.29) is 0 Å². The predicted molar refractivity (Wildman–Crippen MR) is 87.7 cm³/mol. The van der Waals surface area contributed by atoms with Crippen molar-refractivity contribution in [3.63, 3.8) is 0 Å². The first-order chi connectivity index (χ1) is 9.61. The molecule has 0 aromatic heterocycles. The van der Waals surface area contributed by atoms with E-state index in [9.17, 15) is 0 Å². The van der Waals surface area contributed by atoms with Crippen LogP contribution in [-0.4, -0.2) is 44.2 Å². The average Bonchev–Trinajstić information content (AvgIpc) is 2.42. The third-order valence-corrected chi connectivity index (χ3v) is 4.18. The van der Waals surface area contributed by atoms with Crippen LogP contribution < -0.4 is 10.6 Å². The Labute approximate surface area is 127 Å². The summed E-state index contributed by atoms with van der Waals surface area (Å²) in [4.78, 5) is 5.00. The van der Waals surface area contributed by atoms with E-state index in [0.29, 0.717) is 6.54 Å². The summed E-state index contributed by atoms with van der Waals surface area (Å²) < 4.78 is 0. The highest BCUT2D eigenvalue weighted by molar-refractivity contribution is 6.31. The molecule has 1 aliphatic heterocycles. The third kappa shape index (κ3) is 3.87. The van der Waals surface area contributed by atoms with Crippen molar-refractivity contribution in [2.45, 2.75) is 20.3 Å². The Morgan fingerprint density at radius 1 is 1.20 bits per heavy atom. The summed E-state index contributed by atoms with van der Waals surface area (Å²) in [5, 5.41) is 0.845. The Morgan fingerprint density at radius 3 is 2.50 bits per heavy atom. The number of halogens is 1. The van der Waals surface area contributed by atoms with Gasteiger partial charge in [0.1, 0.15) is 0 Å². The first-order valence-corrected chi connectivity index (χ1v) is 7.94. The molecule has 0 atom stereocenters. The van der Waals surface area contributed by atoms with Crippen LogP contribution in [0.1, 0.15) is 19.4 Å². The van der Waals surface area contributed by atoms with Crippen LogP contribution in [0.3, 0.4) is 0 Å². The molecule has 20 heavy (non-hydrogen) atoms. The zero-order valence-electron chi connectivity index (χ0n) is 12.6. The topological polar surface area (TPSA) is 32.5 Å². The molecule has 0 amide bonds. The van der Waals surface area contributed by atoms with Crippen molar-refractivity contribution >= 4 is 17.3 Å². The van der Waals surface area contributed by atoms with Gasteiger partial charge in [-0.25, -0.2) is 0 Å². The second-order valence-corrected chi connectivity index (χ2v) is 6.36. The SMILES string of the molecule is CC(C)CN1CCN(c2cccc(Cl)c2CCN)CC1. The van der Waals surface area contributed by atoms with E-state index in [1.165, 1.54) is 17.8 Å². The molecule has 2 rings (SSSR count). The lowest BCUT2D eigenvalue weighted by Crippen LogP contribution is -2.47. The van der Waals surface area contributed by atoms with Gasteiger partial charge < -0.3 is 10.6 Å². The summed E-state index contributed by atoms with van der Waals surface area (Å²) in [5.41, 5.74) is 8.19. The average molecular weight is 296 g/mol. The summed E-state index contributed by atoms with van der Waals surface area (Å²) in [6.45, 7) is 10.8. The van der Waals surface area contributed by atoms with Crippen molar-refractivity contribution in [1.82, 2.24) is 4.90 Å². The number of piperazine rings is 1. The summed E-state index contributed by atoms with van der Waals surface area (Å²) in [6, 6.07) is 6.18. The largest absolute Gasteiger partial charge is 0.369 e. The normalized spacial score (nSPS) is 16.9. The number of anilines is 1. The van der Waals surface area contributed by atoms with Gasteiger partial charge >= 0.3 is 0 Å². The lowest BCUT2D eigenvalue weighted by atomic mass is 10.1. The summed E-state index contributed by atoms with van der Waals surface area (Å²) >= 11 is 6.33. The van der Waals surface area contributed by atoms with Crippen LogP contribution in [0.15, 0.2) is 18.2 Å². The fraction of sp³-hybridized carbons (Fsp3) is 0.625. The van der Waals surface area contributed by atoms with Gasteiger partial charge in [-0.1, -0.05) is 31.5 Å². The van der Waals surface area contributed by atoms with Gasteiger partial charge in [0.25, 0.3) is 0 Å². The molecule has 0 aliphatic carbocycles. The molecule has 0 radical (unpaired) electrons. The van der Waals surface area contributed by atoms with Gasteiger partial charge in [0, 0.05) is 43.4 Å². The van der Waals surface area contributed by atoms with Crippen LogP contribution in [0.5, 0.6) is 0 Å². The van der Waals surface area contributed by atoms with Gasteiger partial charge in [0.2, 0.25) is 0 Å². The van der Waals surface area contributed by atoms with Crippen molar-refractivity contribution in [2.24, 2.45) is 11.7 Å². The van der Waals surface area contributed by atoms with Crippen molar-refractivity contribution < 1.29 is 0 Å².